The zero-order valence-electron chi connectivity index (χ0n) is 6.02. The highest BCUT2D eigenvalue weighted by molar-refractivity contribution is 5.73. The summed E-state index contributed by atoms with van der Waals surface area (Å²) in [5.41, 5.74) is 0.340. The van der Waals surface area contributed by atoms with Crippen molar-refractivity contribution in [3.63, 3.8) is 0 Å². The number of halogens is 3. The van der Waals surface area contributed by atoms with E-state index in [1.54, 1.807) is 0 Å². The molecule has 1 heterocycles. The van der Waals surface area contributed by atoms with Gasteiger partial charge < -0.3 is 0 Å². The smallest absolute Gasteiger partial charge is 0.292 e. The second kappa shape index (κ2) is 2.68. The summed E-state index contributed by atoms with van der Waals surface area (Å²) >= 11 is 0. The van der Waals surface area contributed by atoms with Gasteiger partial charge in [-0.1, -0.05) is 5.57 Å². The zero-order valence-corrected chi connectivity index (χ0v) is 6.02. The molecule has 1 aliphatic rings. The van der Waals surface area contributed by atoms with Crippen LogP contribution in [0, 0.1) is 5.92 Å². The van der Waals surface area contributed by atoms with Crippen LogP contribution in [0.15, 0.2) is 16.6 Å². The van der Waals surface area contributed by atoms with E-state index in [0.29, 0.717) is 5.57 Å². The summed E-state index contributed by atoms with van der Waals surface area (Å²) in [6, 6.07) is 0. The van der Waals surface area contributed by atoms with Crippen molar-refractivity contribution in [2.24, 2.45) is 10.9 Å². The maximum absolute atomic E-state index is 12.1. The van der Waals surface area contributed by atoms with E-state index in [-0.39, 0.29) is 6.54 Å². The average molecular weight is 163 g/mol. The van der Waals surface area contributed by atoms with Crippen molar-refractivity contribution in [2.75, 3.05) is 6.54 Å². The lowest BCUT2D eigenvalue weighted by molar-refractivity contribution is -0.161. The first-order valence-electron chi connectivity index (χ1n) is 3.25. The van der Waals surface area contributed by atoms with E-state index in [2.05, 4.69) is 4.99 Å². The first-order valence-corrected chi connectivity index (χ1v) is 3.25. The Hall–Kier alpha value is -0.800. The van der Waals surface area contributed by atoms with Gasteiger partial charge in [0.05, 0.1) is 12.5 Å². The van der Waals surface area contributed by atoms with E-state index in [0.717, 1.165) is 0 Å². The Kier molecular flexibility index (Phi) is 2.02. The van der Waals surface area contributed by atoms with Crippen LogP contribution in [-0.2, 0) is 0 Å². The molecule has 0 aromatic rings. The Labute approximate surface area is 62.6 Å². The van der Waals surface area contributed by atoms with Gasteiger partial charge in [-0.3, -0.25) is 4.99 Å². The molecule has 11 heavy (non-hydrogen) atoms. The van der Waals surface area contributed by atoms with Crippen LogP contribution in [0.1, 0.15) is 6.92 Å². The second-order valence-electron chi connectivity index (χ2n) is 2.52. The van der Waals surface area contributed by atoms with Crippen molar-refractivity contribution in [3.05, 3.63) is 11.6 Å². The maximum Gasteiger partial charge on any atom is 0.397 e. The number of allylic oxidation sites excluding steroid dienone is 1. The van der Waals surface area contributed by atoms with Crippen molar-refractivity contribution in [2.45, 2.75) is 13.1 Å². The van der Waals surface area contributed by atoms with Crippen LogP contribution in [-0.4, -0.2) is 18.9 Å². The van der Waals surface area contributed by atoms with Gasteiger partial charge in [-0.2, -0.15) is 13.2 Å². The summed E-state index contributed by atoms with van der Waals surface area (Å²) < 4.78 is 36.2. The van der Waals surface area contributed by atoms with Crippen LogP contribution >= 0.6 is 0 Å². The molecular formula is C7H8F3N. The summed E-state index contributed by atoms with van der Waals surface area (Å²) in [6.07, 6.45) is -1.32. The fourth-order valence-electron chi connectivity index (χ4n) is 0.958. The average Bonchev–Trinajstić information content (AvgIpc) is 1.86. The SMILES string of the molecule is CC1=CC=NCC1C(F)(F)F. The molecule has 0 radical (unpaired) electrons. The summed E-state index contributed by atoms with van der Waals surface area (Å²) in [5.74, 6) is -1.37. The van der Waals surface area contributed by atoms with Crippen LogP contribution < -0.4 is 0 Å². The van der Waals surface area contributed by atoms with Crippen LogP contribution in [0.3, 0.4) is 0 Å². The fraction of sp³-hybridized carbons (Fsp3) is 0.571. The predicted octanol–water partition coefficient (Wildman–Crippen LogP) is 2.20. The monoisotopic (exact) mass is 163 g/mol. The van der Waals surface area contributed by atoms with E-state index in [1.165, 1.54) is 19.2 Å². The predicted molar refractivity (Wildman–Crippen MR) is 36.7 cm³/mol. The molecule has 0 aliphatic carbocycles. The van der Waals surface area contributed by atoms with Gasteiger partial charge in [-0.05, 0) is 13.0 Å². The van der Waals surface area contributed by atoms with E-state index >= 15 is 0 Å². The number of alkyl halides is 3. The van der Waals surface area contributed by atoms with Crippen molar-refractivity contribution in [3.8, 4) is 0 Å². The molecule has 0 spiro atoms. The Balaban J connectivity index is 2.76. The lowest BCUT2D eigenvalue weighted by atomic mass is 9.98. The molecule has 1 rings (SSSR count). The largest absolute Gasteiger partial charge is 0.397 e. The number of hydrogen-bond donors (Lipinski definition) is 0. The number of aliphatic imine (C=N–C) groups is 1. The van der Waals surface area contributed by atoms with Crippen molar-refractivity contribution >= 4 is 6.21 Å². The van der Waals surface area contributed by atoms with Crippen molar-refractivity contribution < 1.29 is 13.2 Å². The minimum atomic E-state index is -4.14. The Morgan fingerprint density at radius 1 is 1.55 bits per heavy atom. The lowest BCUT2D eigenvalue weighted by Gasteiger charge is -2.20. The summed E-state index contributed by atoms with van der Waals surface area (Å²) in [6.45, 7) is 1.31. The molecule has 1 aliphatic heterocycles. The summed E-state index contributed by atoms with van der Waals surface area (Å²) in [5, 5.41) is 0. The van der Waals surface area contributed by atoms with Gasteiger partial charge in [0.2, 0.25) is 0 Å². The number of hydrogen-bond acceptors (Lipinski definition) is 1. The van der Waals surface area contributed by atoms with Gasteiger partial charge in [0.15, 0.2) is 0 Å². The third-order valence-electron chi connectivity index (χ3n) is 1.68. The molecule has 0 N–H and O–H groups in total. The molecule has 4 heteroatoms. The molecule has 0 saturated carbocycles. The highest BCUT2D eigenvalue weighted by atomic mass is 19.4. The van der Waals surface area contributed by atoms with Gasteiger partial charge >= 0.3 is 6.18 Å². The summed E-state index contributed by atoms with van der Waals surface area (Å²) in [7, 11) is 0. The molecule has 1 unspecified atom stereocenters. The van der Waals surface area contributed by atoms with Gasteiger partial charge in [0, 0.05) is 6.21 Å². The fourth-order valence-corrected chi connectivity index (χ4v) is 0.958. The molecule has 62 valence electrons. The van der Waals surface area contributed by atoms with Gasteiger partial charge in [0.25, 0.3) is 0 Å². The van der Waals surface area contributed by atoms with Gasteiger partial charge in [-0.25, -0.2) is 0 Å². The highest BCUT2D eigenvalue weighted by Gasteiger charge is 2.40. The quantitative estimate of drug-likeness (QED) is 0.519. The number of dihydropyridines is 1. The van der Waals surface area contributed by atoms with Crippen LogP contribution in [0.2, 0.25) is 0 Å². The third kappa shape index (κ3) is 1.82. The Morgan fingerprint density at radius 2 is 2.18 bits per heavy atom. The second-order valence-corrected chi connectivity index (χ2v) is 2.52. The zero-order chi connectivity index (χ0) is 8.48. The number of rotatable bonds is 0. The van der Waals surface area contributed by atoms with Crippen molar-refractivity contribution in [1.29, 1.82) is 0 Å². The Bertz CT molecular complexity index is 202. The van der Waals surface area contributed by atoms with Crippen molar-refractivity contribution in [1.82, 2.24) is 0 Å². The minimum Gasteiger partial charge on any atom is -0.292 e. The molecule has 1 atom stereocenters. The molecule has 0 aromatic heterocycles. The first kappa shape index (κ1) is 8.30. The number of nitrogens with zero attached hydrogens (tertiary/aromatic N) is 1. The van der Waals surface area contributed by atoms with Crippen LogP contribution in [0.25, 0.3) is 0 Å². The minimum absolute atomic E-state index is 0.161. The Morgan fingerprint density at radius 3 is 2.55 bits per heavy atom. The highest BCUT2D eigenvalue weighted by Crippen LogP contribution is 2.32. The molecule has 0 aromatic carbocycles. The van der Waals surface area contributed by atoms with E-state index in [1.807, 2.05) is 0 Å². The standard InChI is InChI=1S/C7H8F3N/c1-5-2-3-11-4-6(5)7(8,9)10/h2-3,6H,4H2,1H3. The normalized spacial score (nSPS) is 25.1. The molecule has 0 amide bonds. The van der Waals surface area contributed by atoms with Gasteiger partial charge in [0.1, 0.15) is 0 Å². The topological polar surface area (TPSA) is 12.4 Å². The summed E-state index contributed by atoms with van der Waals surface area (Å²) in [4.78, 5) is 3.55. The maximum atomic E-state index is 12.1. The third-order valence-corrected chi connectivity index (χ3v) is 1.68. The first-order chi connectivity index (χ1) is 5.02. The lowest BCUT2D eigenvalue weighted by Crippen LogP contribution is -2.28. The molecule has 0 fully saturated rings. The van der Waals surface area contributed by atoms with E-state index < -0.39 is 12.1 Å². The van der Waals surface area contributed by atoms with Gasteiger partial charge in [-0.15, -0.1) is 0 Å². The molecule has 0 saturated heterocycles. The van der Waals surface area contributed by atoms with E-state index in [9.17, 15) is 13.2 Å². The van der Waals surface area contributed by atoms with Crippen LogP contribution in [0.4, 0.5) is 13.2 Å². The molecular weight excluding hydrogens is 155 g/mol. The molecule has 1 nitrogen and oxygen atoms in total. The molecule has 0 bridgehead atoms. The van der Waals surface area contributed by atoms with E-state index in [4.69, 9.17) is 0 Å². The van der Waals surface area contributed by atoms with Crippen LogP contribution in [0.5, 0.6) is 0 Å².